The first kappa shape index (κ1) is 21.5. The molecule has 5 fully saturated rings. The van der Waals surface area contributed by atoms with Crippen molar-refractivity contribution in [2.24, 2.45) is 57.7 Å². The van der Waals surface area contributed by atoms with Crippen LogP contribution in [-0.2, 0) is 0 Å². The highest BCUT2D eigenvalue weighted by molar-refractivity contribution is 5.32. The highest BCUT2D eigenvalue weighted by Crippen LogP contribution is 2.83. The van der Waals surface area contributed by atoms with E-state index in [1.807, 2.05) is 6.08 Å². The van der Waals surface area contributed by atoms with Crippen molar-refractivity contribution >= 4 is 0 Å². The van der Waals surface area contributed by atoms with Crippen LogP contribution in [0.25, 0.3) is 0 Å². The van der Waals surface area contributed by atoms with Crippen LogP contribution in [0.2, 0.25) is 0 Å². The predicted octanol–water partition coefficient (Wildman–Crippen LogP) is 7.63. The summed E-state index contributed by atoms with van der Waals surface area (Å²) in [5, 5.41) is 11.6. The summed E-state index contributed by atoms with van der Waals surface area (Å²) in [6.07, 6.45) is 17.0. The van der Waals surface area contributed by atoms with Crippen LogP contribution >= 0.6 is 0 Å². The van der Waals surface area contributed by atoms with Crippen LogP contribution in [0, 0.1) is 57.7 Å². The summed E-state index contributed by atoms with van der Waals surface area (Å²) in [6.45, 7) is 16.7. The zero-order chi connectivity index (χ0) is 21.5. The molecular weight excluding hydrogens is 364 g/mol. The fraction of sp³-hybridized carbons (Fsp3) is 0.931. The minimum atomic E-state index is -0.585. The first-order valence-corrected chi connectivity index (χ1v) is 13.5. The Hall–Kier alpha value is -0.300. The Kier molecular flexibility index (Phi) is 4.92. The van der Waals surface area contributed by atoms with Gasteiger partial charge in [-0.1, -0.05) is 60.0 Å². The lowest BCUT2D eigenvalue weighted by atomic mass is 9.44. The van der Waals surface area contributed by atoms with E-state index in [1.165, 1.54) is 64.2 Å². The maximum atomic E-state index is 11.6. The first-order chi connectivity index (χ1) is 14.1. The van der Waals surface area contributed by atoms with Gasteiger partial charge in [0.2, 0.25) is 0 Å². The van der Waals surface area contributed by atoms with Crippen molar-refractivity contribution in [1.82, 2.24) is 0 Å². The largest absolute Gasteiger partial charge is 0.385 e. The molecule has 5 aliphatic rings. The van der Waals surface area contributed by atoms with E-state index in [0.29, 0.717) is 10.8 Å². The van der Waals surface area contributed by atoms with Crippen LogP contribution in [-0.4, -0.2) is 10.7 Å². The normalized spacial score (nSPS) is 54.8. The van der Waals surface area contributed by atoms with Crippen LogP contribution < -0.4 is 0 Å². The van der Waals surface area contributed by atoms with E-state index >= 15 is 0 Å². The maximum absolute atomic E-state index is 11.6. The topological polar surface area (TPSA) is 20.2 Å². The molecular formula is C29H48O. The molecule has 170 valence electrons. The Morgan fingerprint density at radius 1 is 0.967 bits per heavy atom. The summed E-state index contributed by atoms with van der Waals surface area (Å²) < 4.78 is 0. The molecule has 0 unspecified atom stereocenters. The molecule has 30 heavy (non-hydrogen) atoms. The van der Waals surface area contributed by atoms with Crippen molar-refractivity contribution in [2.45, 2.75) is 111 Å². The lowest BCUT2D eigenvalue weighted by Crippen LogP contribution is -2.64. The zero-order valence-corrected chi connectivity index (χ0v) is 20.6. The van der Waals surface area contributed by atoms with Gasteiger partial charge in [-0.15, -0.1) is 6.58 Å². The minimum Gasteiger partial charge on any atom is -0.385 e. The summed E-state index contributed by atoms with van der Waals surface area (Å²) in [5.41, 5.74) is 0.476. The van der Waals surface area contributed by atoms with Gasteiger partial charge in [-0.2, -0.15) is 0 Å². The van der Waals surface area contributed by atoms with Crippen molar-refractivity contribution in [2.75, 3.05) is 0 Å². The van der Waals surface area contributed by atoms with Gasteiger partial charge in [0.1, 0.15) is 0 Å². The molecule has 0 heterocycles. The second-order valence-electron chi connectivity index (χ2n) is 13.6. The summed E-state index contributed by atoms with van der Waals surface area (Å²) in [4.78, 5) is 0. The summed E-state index contributed by atoms with van der Waals surface area (Å²) in [5.74, 6) is 6.02. The quantitative estimate of drug-likeness (QED) is 0.444. The van der Waals surface area contributed by atoms with Crippen LogP contribution in [0.1, 0.15) is 105 Å². The van der Waals surface area contributed by atoms with Gasteiger partial charge in [-0.25, -0.2) is 0 Å². The number of fused-ring (bicyclic) bond motifs is 4. The molecule has 1 nitrogen and oxygen atoms in total. The van der Waals surface area contributed by atoms with Gasteiger partial charge in [0.15, 0.2) is 0 Å². The molecule has 5 saturated carbocycles. The van der Waals surface area contributed by atoms with Gasteiger partial charge in [0.05, 0.1) is 5.60 Å². The average Bonchev–Trinajstić information content (AvgIpc) is 3.25. The Morgan fingerprint density at radius 2 is 1.73 bits per heavy atom. The second-order valence-corrected chi connectivity index (χ2v) is 13.6. The number of aliphatic hydroxyl groups is 1. The van der Waals surface area contributed by atoms with E-state index in [0.717, 1.165) is 47.8 Å². The number of rotatable bonds is 6. The van der Waals surface area contributed by atoms with E-state index in [4.69, 9.17) is 0 Å². The van der Waals surface area contributed by atoms with E-state index < -0.39 is 5.60 Å². The zero-order valence-electron chi connectivity index (χ0n) is 20.6. The highest BCUT2D eigenvalue weighted by atomic mass is 16.3. The van der Waals surface area contributed by atoms with Gasteiger partial charge in [-0.3, -0.25) is 0 Å². The lowest BCUT2D eigenvalue weighted by molar-refractivity contribution is -0.205. The van der Waals surface area contributed by atoms with Crippen molar-refractivity contribution < 1.29 is 5.11 Å². The second kappa shape index (κ2) is 6.85. The Balaban J connectivity index is 1.38. The van der Waals surface area contributed by atoms with Crippen molar-refractivity contribution in [3.8, 4) is 0 Å². The van der Waals surface area contributed by atoms with Gasteiger partial charge < -0.3 is 5.11 Å². The average molecular weight is 413 g/mol. The van der Waals surface area contributed by atoms with Gasteiger partial charge in [-0.05, 0) is 104 Å². The molecule has 0 bridgehead atoms. The third-order valence-electron chi connectivity index (χ3n) is 12.4. The monoisotopic (exact) mass is 412 g/mol. The fourth-order valence-corrected chi connectivity index (χ4v) is 11.1. The number of hydrogen-bond donors (Lipinski definition) is 1. The Morgan fingerprint density at radius 3 is 2.43 bits per heavy atom. The van der Waals surface area contributed by atoms with Crippen molar-refractivity contribution in [3.05, 3.63) is 12.7 Å². The standard InChI is InChI=1S/C29H48O/c1-7-28(30)17-21-13-16-27(6)25-14-15-26(5)23(20(4)10-8-9-19(2)3)11-12-24(26)22(25)18-29(21,27)28/h7,19-25,30H,1,8-18H2,2-6H3/t20-,21-,22+,23-,24+,25+,26-,27-,28+,29+/m1/s1. The summed E-state index contributed by atoms with van der Waals surface area (Å²) >= 11 is 0. The Labute approximate surface area is 186 Å². The highest BCUT2D eigenvalue weighted by Gasteiger charge is 2.80. The van der Waals surface area contributed by atoms with Gasteiger partial charge in [0.25, 0.3) is 0 Å². The number of hydrogen-bond acceptors (Lipinski definition) is 1. The molecule has 0 aromatic carbocycles. The summed E-state index contributed by atoms with van der Waals surface area (Å²) in [6, 6.07) is 0. The molecule has 1 N–H and O–H groups in total. The van der Waals surface area contributed by atoms with Crippen LogP contribution in [0.15, 0.2) is 12.7 Å². The smallest absolute Gasteiger partial charge is 0.0891 e. The predicted molar refractivity (Wildman–Crippen MR) is 126 cm³/mol. The molecule has 0 radical (unpaired) electrons. The SMILES string of the molecule is C=C[C@]1(O)C[C@H]2CC[C@]3(C)[C@H]4CC[C@]5(C)[C@@H]([C@H](C)CCCC(C)C)CC[C@H]5[C@@H]4C[C@@]213. The van der Waals surface area contributed by atoms with E-state index in [-0.39, 0.29) is 5.41 Å². The first-order valence-electron chi connectivity index (χ1n) is 13.5. The van der Waals surface area contributed by atoms with Crippen LogP contribution in [0.3, 0.4) is 0 Å². The molecule has 1 spiro atoms. The molecule has 0 aromatic heterocycles. The molecule has 0 saturated heterocycles. The third-order valence-corrected chi connectivity index (χ3v) is 12.4. The minimum absolute atomic E-state index is 0.156. The van der Waals surface area contributed by atoms with Gasteiger partial charge in [0, 0.05) is 5.41 Å². The molecule has 1 heteroatoms. The van der Waals surface area contributed by atoms with Crippen molar-refractivity contribution in [1.29, 1.82) is 0 Å². The molecule has 0 amide bonds. The molecule has 0 aliphatic heterocycles. The third kappa shape index (κ3) is 2.45. The maximum Gasteiger partial charge on any atom is 0.0891 e. The van der Waals surface area contributed by atoms with E-state index in [1.54, 1.807) is 0 Å². The van der Waals surface area contributed by atoms with Gasteiger partial charge >= 0.3 is 0 Å². The lowest BCUT2D eigenvalue weighted by Gasteiger charge is -2.62. The van der Waals surface area contributed by atoms with Crippen LogP contribution in [0.5, 0.6) is 0 Å². The van der Waals surface area contributed by atoms with E-state index in [9.17, 15) is 5.11 Å². The van der Waals surface area contributed by atoms with E-state index in [2.05, 4.69) is 41.2 Å². The molecule has 10 atom stereocenters. The van der Waals surface area contributed by atoms with Crippen molar-refractivity contribution in [3.63, 3.8) is 0 Å². The molecule has 5 aliphatic carbocycles. The fourth-order valence-electron chi connectivity index (χ4n) is 11.1. The molecule has 5 rings (SSSR count). The molecule has 0 aromatic rings. The Bertz CT molecular complexity index is 696. The summed E-state index contributed by atoms with van der Waals surface area (Å²) in [7, 11) is 0. The van der Waals surface area contributed by atoms with Crippen LogP contribution in [0.4, 0.5) is 0 Å².